The highest BCUT2D eigenvalue weighted by Crippen LogP contribution is 2.38. The van der Waals surface area contributed by atoms with Gasteiger partial charge >= 0.3 is 0 Å². The van der Waals surface area contributed by atoms with Crippen LogP contribution >= 0.6 is 11.3 Å². The van der Waals surface area contributed by atoms with E-state index in [0.717, 1.165) is 11.1 Å². The largest absolute Gasteiger partial charge is 0.497 e. The number of carbonyl (C=O) groups is 1. The minimum Gasteiger partial charge on any atom is -0.497 e. The SMILES string of the molecule is COc1ccc(-c2nnc(NC(=O)[C@H]3CN(S(=O)(=O)c4ccc(OC)cc4)c4cc(C)ccc4O3)s2)cc1. The van der Waals surface area contributed by atoms with Gasteiger partial charge in [-0.15, -0.1) is 10.2 Å². The second kappa shape index (κ2) is 10.3. The third kappa shape index (κ3) is 5.00. The highest BCUT2D eigenvalue weighted by molar-refractivity contribution is 7.92. The molecule has 4 aromatic rings. The van der Waals surface area contributed by atoms with Crippen molar-refractivity contribution in [2.45, 2.75) is 17.9 Å². The van der Waals surface area contributed by atoms with E-state index in [4.69, 9.17) is 14.2 Å². The molecule has 1 N–H and O–H groups in total. The Bertz CT molecular complexity index is 1570. The lowest BCUT2D eigenvalue weighted by Crippen LogP contribution is -2.48. The first-order valence-electron chi connectivity index (χ1n) is 11.5. The monoisotopic (exact) mass is 552 g/mol. The van der Waals surface area contributed by atoms with Crippen molar-refractivity contribution in [3.8, 4) is 27.8 Å². The number of anilines is 2. The molecule has 38 heavy (non-hydrogen) atoms. The van der Waals surface area contributed by atoms with Crippen molar-refractivity contribution in [2.75, 3.05) is 30.4 Å². The number of sulfonamides is 1. The fourth-order valence-corrected chi connectivity index (χ4v) is 6.13. The molecule has 0 fully saturated rings. The molecule has 0 saturated heterocycles. The van der Waals surface area contributed by atoms with E-state index in [0.29, 0.717) is 22.2 Å². The van der Waals surface area contributed by atoms with E-state index in [1.807, 2.05) is 31.2 Å². The zero-order valence-corrected chi connectivity index (χ0v) is 22.4. The minimum absolute atomic E-state index is 0.0695. The summed E-state index contributed by atoms with van der Waals surface area (Å²) in [6.07, 6.45) is -1.12. The number of fused-ring (bicyclic) bond motifs is 1. The van der Waals surface area contributed by atoms with Gasteiger partial charge in [0.25, 0.3) is 15.9 Å². The molecule has 0 saturated carbocycles. The van der Waals surface area contributed by atoms with E-state index in [-0.39, 0.29) is 22.3 Å². The van der Waals surface area contributed by atoms with Gasteiger partial charge in [-0.1, -0.05) is 17.4 Å². The number of hydrogen-bond acceptors (Lipinski definition) is 9. The molecule has 1 atom stereocenters. The maximum Gasteiger partial charge on any atom is 0.269 e. The highest BCUT2D eigenvalue weighted by Gasteiger charge is 2.38. The van der Waals surface area contributed by atoms with Crippen molar-refractivity contribution in [2.24, 2.45) is 0 Å². The predicted molar refractivity (Wildman–Crippen MR) is 144 cm³/mol. The first kappa shape index (κ1) is 25.5. The van der Waals surface area contributed by atoms with E-state index in [2.05, 4.69) is 15.5 Å². The second-order valence-corrected chi connectivity index (χ2v) is 11.3. The van der Waals surface area contributed by atoms with Crippen molar-refractivity contribution in [3.63, 3.8) is 0 Å². The number of methoxy groups -OCH3 is 2. The molecule has 1 aliphatic heterocycles. The quantitative estimate of drug-likeness (QED) is 0.364. The Kier molecular flexibility index (Phi) is 6.91. The van der Waals surface area contributed by atoms with Crippen LogP contribution in [0.15, 0.2) is 71.6 Å². The number of amides is 1. The van der Waals surface area contributed by atoms with Gasteiger partial charge in [-0.25, -0.2) is 8.42 Å². The van der Waals surface area contributed by atoms with Gasteiger partial charge in [0.15, 0.2) is 6.10 Å². The molecule has 0 unspecified atom stereocenters. The maximum atomic E-state index is 13.7. The summed E-state index contributed by atoms with van der Waals surface area (Å²) in [6.45, 7) is 1.63. The molecule has 10 nitrogen and oxygen atoms in total. The molecule has 0 bridgehead atoms. The number of rotatable bonds is 7. The van der Waals surface area contributed by atoms with Crippen molar-refractivity contribution >= 4 is 38.1 Å². The molecule has 12 heteroatoms. The second-order valence-electron chi connectivity index (χ2n) is 8.42. The number of nitrogens with one attached hydrogen (secondary N) is 1. The summed E-state index contributed by atoms with van der Waals surface area (Å²) in [6, 6.07) is 18.6. The first-order chi connectivity index (χ1) is 18.3. The Hall–Kier alpha value is -4.16. The minimum atomic E-state index is -4.01. The average molecular weight is 553 g/mol. The summed E-state index contributed by atoms with van der Waals surface area (Å²) in [7, 11) is -0.919. The van der Waals surface area contributed by atoms with Crippen molar-refractivity contribution in [1.82, 2.24) is 10.2 Å². The van der Waals surface area contributed by atoms with Crippen LogP contribution in [-0.4, -0.2) is 51.4 Å². The summed E-state index contributed by atoms with van der Waals surface area (Å²) < 4.78 is 44.8. The van der Waals surface area contributed by atoms with Crippen LogP contribution in [0, 0.1) is 6.92 Å². The fourth-order valence-electron chi connectivity index (χ4n) is 3.91. The van der Waals surface area contributed by atoms with Crippen molar-refractivity contribution < 1.29 is 27.4 Å². The normalized spacial score (nSPS) is 14.8. The standard InChI is InChI=1S/C26H24N4O6S2/c1-16-4-13-22-21(14-16)30(38(32,33)20-11-9-19(35-3)10-12-20)15-23(36-22)24(31)27-26-29-28-25(37-26)17-5-7-18(34-2)8-6-17/h4-14,23H,15H2,1-3H3,(H,27,29,31)/t23-/m1/s1. The van der Waals surface area contributed by atoms with Gasteiger partial charge in [-0.05, 0) is 73.2 Å². The van der Waals surface area contributed by atoms with E-state index in [1.54, 1.807) is 37.4 Å². The lowest BCUT2D eigenvalue weighted by atomic mass is 10.1. The molecule has 5 rings (SSSR count). The average Bonchev–Trinajstić information content (AvgIpc) is 3.40. The topological polar surface area (TPSA) is 120 Å². The Morgan fingerprint density at radius 3 is 2.32 bits per heavy atom. The summed E-state index contributed by atoms with van der Waals surface area (Å²) in [5, 5.41) is 11.8. The van der Waals surface area contributed by atoms with Crippen LogP contribution in [0.3, 0.4) is 0 Å². The van der Waals surface area contributed by atoms with E-state index in [1.165, 1.54) is 34.9 Å². The number of benzene rings is 3. The molecular weight excluding hydrogens is 528 g/mol. The van der Waals surface area contributed by atoms with E-state index >= 15 is 0 Å². The van der Waals surface area contributed by atoms with Gasteiger partial charge in [-0.3, -0.25) is 14.4 Å². The smallest absolute Gasteiger partial charge is 0.269 e. The summed E-state index contributed by atoms with van der Waals surface area (Å²) in [4.78, 5) is 13.3. The molecule has 3 aromatic carbocycles. The van der Waals surface area contributed by atoms with Gasteiger partial charge in [-0.2, -0.15) is 0 Å². The van der Waals surface area contributed by atoms with Gasteiger partial charge in [0.2, 0.25) is 5.13 Å². The third-order valence-electron chi connectivity index (χ3n) is 5.92. The van der Waals surface area contributed by atoms with Gasteiger partial charge in [0, 0.05) is 5.56 Å². The van der Waals surface area contributed by atoms with Crippen LogP contribution in [-0.2, 0) is 14.8 Å². The predicted octanol–water partition coefficient (Wildman–Crippen LogP) is 4.13. The van der Waals surface area contributed by atoms with Gasteiger partial charge < -0.3 is 14.2 Å². The lowest BCUT2D eigenvalue weighted by molar-refractivity contribution is -0.122. The fraction of sp³-hybridized carbons (Fsp3) is 0.192. The zero-order valence-electron chi connectivity index (χ0n) is 20.7. The molecule has 1 aliphatic rings. The Morgan fingerprint density at radius 2 is 1.66 bits per heavy atom. The molecule has 0 radical (unpaired) electrons. The van der Waals surface area contributed by atoms with Gasteiger partial charge in [0.1, 0.15) is 22.3 Å². The first-order valence-corrected chi connectivity index (χ1v) is 13.8. The molecule has 1 amide bonds. The van der Waals surface area contributed by atoms with Crippen LogP contribution in [0.2, 0.25) is 0 Å². The lowest BCUT2D eigenvalue weighted by Gasteiger charge is -2.34. The Balaban J connectivity index is 1.40. The van der Waals surface area contributed by atoms with Gasteiger partial charge in [0.05, 0.1) is 31.3 Å². The molecule has 2 heterocycles. The number of nitrogens with zero attached hydrogens (tertiary/aromatic N) is 3. The summed E-state index contributed by atoms with van der Waals surface area (Å²) in [5.41, 5.74) is 2.03. The highest BCUT2D eigenvalue weighted by atomic mass is 32.2. The van der Waals surface area contributed by atoms with Crippen molar-refractivity contribution in [3.05, 3.63) is 72.3 Å². The van der Waals surface area contributed by atoms with E-state index in [9.17, 15) is 13.2 Å². The van der Waals surface area contributed by atoms with Crippen LogP contribution in [0.4, 0.5) is 10.8 Å². The molecule has 1 aromatic heterocycles. The number of aromatic nitrogens is 2. The summed E-state index contributed by atoms with van der Waals surface area (Å²) >= 11 is 1.19. The van der Waals surface area contributed by atoms with E-state index < -0.39 is 22.0 Å². The van der Waals surface area contributed by atoms with Crippen LogP contribution in [0.25, 0.3) is 10.6 Å². The number of ether oxygens (including phenoxy) is 3. The van der Waals surface area contributed by atoms with Crippen molar-refractivity contribution in [1.29, 1.82) is 0 Å². The third-order valence-corrected chi connectivity index (χ3v) is 8.60. The van der Waals surface area contributed by atoms with Crippen LogP contribution in [0.1, 0.15) is 5.56 Å². The Labute approximate surface area is 223 Å². The molecule has 0 spiro atoms. The maximum absolute atomic E-state index is 13.7. The van der Waals surface area contributed by atoms with Crippen LogP contribution < -0.4 is 23.8 Å². The van der Waals surface area contributed by atoms with Crippen LogP contribution in [0.5, 0.6) is 17.2 Å². The molecule has 196 valence electrons. The summed E-state index contributed by atoms with van der Waals surface area (Å²) in [5.74, 6) is 0.996. The number of hydrogen-bond donors (Lipinski definition) is 1. The number of aryl methyl sites for hydroxylation is 1. The number of carbonyl (C=O) groups excluding carboxylic acids is 1. The molecular formula is C26H24N4O6S2. The zero-order chi connectivity index (χ0) is 26.9. The molecule has 0 aliphatic carbocycles. The Morgan fingerprint density at radius 1 is 1.00 bits per heavy atom.